The first-order valence-corrected chi connectivity index (χ1v) is 10.1. The van der Waals surface area contributed by atoms with Crippen molar-refractivity contribution in [2.45, 2.75) is 31.5 Å². The summed E-state index contributed by atoms with van der Waals surface area (Å²) >= 11 is 0. The van der Waals surface area contributed by atoms with Gasteiger partial charge >= 0.3 is 5.97 Å². The molecule has 1 fully saturated rings. The molecule has 0 aliphatic heterocycles. The average Bonchev–Trinajstić information content (AvgIpc) is 2.75. The van der Waals surface area contributed by atoms with E-state index in [1.165, 1.54) is 25.1 Å². The molecule has 10 heteroatoms. The number of ketones is 2. The fourth-order valence-corrected chi connectivity index (χ4v) is 4.95. The molecule has 0 radical (unpaired) electrons. The van der Waals surface area contributed by atoms with E-state index in [1.807, 2.05) is 0 Å². The van der Waals surface area contributed by atoms with Crippen molar-refractivity contribution in [3.8, 4) is 5.75 Å². The molecule has 0 spiro atoms. The summed E-state index contributed by atoms with van der Waals surface area (Å²) in [5.41, 5.74) is 1.20. The van der Waals surface area contributed by atoms with Gasteiger partial charge in [-0.2, -0.15) is 0 Å². The van der Waals surface area contributed by atoms with E-state index in [-0.39, 0.29) is 28.9 Å². The first-order valence-electron chi connectivity index (χ1n) is 10.1. The van der Waals surface area contributed by atoms with E-state index in [0.717, 1.165) is 0 Å². The van der Waals surface area contributed by atoms with Crippen LogP contribution in [0.15, 0.2) is 41.7 Å². The zero-order chi connectivity index (χ0) is 24.4. The van der Waals surface area contributed by atoms with E-state index in [1.54, 1.807) is 0 Å². The number of fused-ring (bicyclic) bond motifs is 3. The van der Waals surface area contributed by atoms with Crippen LogP contribution >= 0.6 is 0 Å². The van der Waals surface area contributed by atoms with Gasteiger partial charge in [0.15, 0.2) is 11.4 Å². The molecule has 4 atom stereocenters. The van der Waals surface area contributed by atoms with Gasteiger partial charge in [-0.15, -0.1) is 0 Å². The van der Waals surface area contributed by atoms with Crippen LogP contribution in [0.3, 0.4) is 0 Å². The lowest BCUT2D eigenvalue weighted by molar-refractivity contribution is -0.174. The van der Waals surface area contributed by atoms with E-state index < -0.39 is 76.1 Å². The molecule has 33 heavy (non-hydrogen) atoms. The van der Waals surface area contributed by atoms with Gasteiger partial charge in [-0.05, 0) is 17.2 Å². The monoisotopic (exact) mass is 455 g/mol. The summed E-state index contributed by atoms with van der Waals surface area (Å²) in [5.74, 6) is -9.29. The van der Waals surface area contributed by atoms with Crippen molar-refractivity contribution in [2.75, 3.05) is 0 Å². The maximum Gasteiger partial charge on any atom is 0.305 e. The number of aliphatic hydroxyl groups excluding tert-OH is 2. The first-order chi connectivity index (χ1) is 15.5. The van der Waals surface area contributed by atoms with Crippen molar-refractivity contribution in [1.82, 2.24) is 0 Å². The number of phenols is 1. The van der Waals surface area contributed by atoms with Crippen LogP contribution in [0.2, 0.25) is 0 Å². The topological polar surface area (TPSA) is 184 Å². The van der Waals surface area contributed by atoms with Gasteiger partial charge in [0.1, 0.15) is 28.9 Å². The molecule has 0 aromatic heterocycles. The number of phenolic OH excluding ortho intramolecular Hbond substituents is 1. The third-order valence-corrected chi connectivity index (χ3v) is 6.50. The van der Waals surface area contributed by atoms with E-state index in [2.05, 4.69) is 6.58 Å². The van der Waals surface area contributed by atoms with Crippen LogP contribution in [0, 0.1) is 11.8 Å². The Hall–Kier alpha value is -3.92. The first kappa shape index (κ1) is 22.3. The second kappa shape index (κ2) is 7.31. The number of nitrogens with two attached hydrogens (primary N) is 1. The van der Waals surface area contributed by atoms with Gasteiger partial charge in [0.25, 0.3) is 5.91 Å². The number of amides is 1. The molecule has 1 saturated carbocycles. The van der Waals surface area contributed by atoms with Crippen molar-refractivity contribution < 1.29 is 44.3 Å². The molecule has 0 saturated heterocycles. The number of Topliss-reactive ketones (excluding diaryl/α,β-unsaturated/α-hetero) is 2. The molecular formula is C23H21NO9. The highest BCUT2D eigenvalue weighted by Gasteiger charge is 2.65. The third-order valence-electron chi connectivity index (χ3n) is 6.50. The molecule has 3 aliphatic carbocycles. The molecule has 4 rings (SSSR count). The molecule has 1 aromatic rings. The number of carbonyl (C=O) groups is 4. The largest absolute Gasteiger partial charge is 0.508 e. The number of aliphatic hydroxyl groups is 3. The minimum absolute atomic E-state index is 0.0838. The summed E-state index contributed by atoms with van der Waals surface area (Å²) in [5, 5.41) is 43.5. The number of esters is 1. The number of carbonyl (C=O) groups excluding carboxylic acids is 4. The van der Waals surface area contributed by atoms with Crippen LogP contribution < -0.4 is 5.73 Å². The molecular weight excluding hydrogens is 434 g/mol. The number of rotatable bonds is 3. The molecule has 172 valence electrons. The van der Waals surface area contributed by atoms with Crippen molar-refractivity contribution in [3.63, 3.8) is 0 Å². The molecule has 0 heterocycles. The normalized spacial score (nSPS) is 28.8. The van der Waals surface area contributed by atoms with Gasteiger partial charge in [-0.3, -0.25) is 19.2 Å². The minimum Gasteiger partial charge on any atom is -0.508 e. The summed E-state index contributed by atoms with van der Waals surface area (Å²) in [4.78, 5) is 50.2. The Bertz CT molecular complexity index is 1220. The van der Waals surface area contributed by atoms with E-state index in [0.29, 0.717) is 0 Å². The lowest BCUT2D eigenvalue weighted by Crippen LogP contribution is -2.64. The zero-order valence-corrected chi connectivity index (χ0v) is 17.5. The highest BCUT2D eigenvalue weighted by atomic mass is 16.5. The summed E-state index contributed by atoms with van der Waals surface area (Å²) in [6, 6.07) is 4.29. The minimum atomic E-state index is -2.89. The molecule has 0 unspecified atom stereocenters. The van der Waals surface area contributed by atoms with Crippen molar-refractivity contribution in [3.05, 3.63) is 52.8 Å². The Morgan fingerprint density at radius 2 is 1.91 bits per heavy atom. The van der Waals surface area contributed by atoms with Crippen molar-refractivity contribution in [1.29, 1.82) is 0 Å². The maximum atomic E-state index is 13.6. The predicted octanol–water partition coefficient (Wildman–Crippen LogP) is 0.826. The average molecular weight is 455 g/mol. The lowest BCUT2D eigenvalue weighted by Gasteiger charge is -2.50. The number of benzene rings is 1. The molecule has 1 aromatic carbocycles. The smallest absolute Gasteiger partial charge is 0.305 e. The van der Waals surface area contributed by atoms with Gasteiger partial charge in [-0.25, -0.2) is 0 Å². The van der Waals surface area contributed by atoms with E-state index >= 15 is 0 Å². The van der Waals surface area contributed by atoms with Crippen molar-refractivity contribution >= 4 is 34.8 Å². The van der Waals surface area contributed by atoms with Crippen LogP contribution in [0.1, 0.15) is 30.9 Å². The number of hydrogen-bond donors (Lipinski definition) is 5. The van der Waals surface area contributed by atoms with Crippen LogP contribution in [0.25, 0.3) is 11.3 Å². The Morgan fingerprint density at radius 3 is 2.52 bits per heavy atom. The van der Waals surface area contributed by atoms with E-state index in [9.17, 15) is 39.6 Å². The highest BCUT2D eigenvalue weighted by Crippen LogP contribution is 2.55. The molecule has 0 bridgehead atoms. The summed E-state index contributed by atoms with van der Waals surface area (Å²) in [7, 11) is 0. The van der Waals surface area contributed by atoms with Crippen molar-refractivity contribution in [2.24, 2.45) is 17.6 Å². The number of hydrogen-bond acceptors (Lipinski definition) is 9. The lowest BCUT2D eigenvalue weighted by atomic mass is 9.57. The molecule has 10 nitrogen and oxygen atoms in total. The maximum absolute atomic E-state index is 13.6. The van der Waals surface area contributed by atoms with Gasteiger partial charge < -0.3 is 30.9 Å². The molecule has 1 amide bonds. The van der Waals surface area contributed by atoms with Gasteiger partial charge in [0, 0.05) is 18.8 Å². The fourth-order valence-electron chi connectivity index (χ4n) is 4.95. The standard InChI is InChI=1S/C23H21NO9/c1-3-13(27)33-19-10-7-12(26)16(22(24)31)20(29)23(10,32)21(30)17-14(19)8(2)9-5-4-6-11(25)15(9)18(17)28/h4-6,10,14,19,25,28-29,32H,2-3,7H2,1H3,(H2,24,31)/t10-,14-,19-,23-/m1/s1. The Labute approximate surface area is 187 Å². The molecule has 3 aliphatic rings. The fraction of sp³-hybridized carbons (Fsp3) is 0.304. The summed E-state index contributed by atoms with van der Waals surface area (Å²) < 4.78 is 5.53. The summed E-state index contributed by atoms with van der Waals surface area (Å²) in [6.45, 7) is 5.47. The Morgan fingerprint density at radius 1 is 1.24 bits per heavy atom. The second-order valence-electron chi connectivity index (χ2n) is 8.19. The third kappa shape index (κ3) is 2.83. The number of ether oxygens (including phenoxy) is 1. The van der Waals surface area contributed by atoms with Crippen LogP contribution in [-0.2, 0) is 23.9 Å². The predicted molar refractivity (Wildman–Crippen MR) is 112 cm³/mol. The second-order valence-corrected chi connectivity index (χ2v) is 8.19. The Kier molecular flexibility index (Phi) is 4.93. The number of aromatic hydroxyl groups is 1. The van der Waals surface area contributed by atoms with Gasteiger partial charge in [0.05, 0.1) is 17.1 Å². The number of primary amides is 1. The van der Waals surface area contributed by atoms with Gasteiger partial charge in [-0.1, -0.05) is 25.6 Å². The van der Waals surface area contributed by atoms with Crippen LogP contribution in [-0.4, -0.2) is 55.6 Å². The Balaban J connectivity index is 2.05. The highest BCUT2D eigenvalue weighted by molar-refractivity contribution is 6.23. The zero-order valence-electron chi connectivity index (χ0n) is 17.5. The molecule has 6 N–H and O–H groups in total. The van der Waals surface area contributed by atoms with Crippen LogP contribution in [0.4, 0.5) is 0 Å². The van der Waals surface area contributed by atoms with Crippen LogP contribution in [0.5, 0.6) is 5.75 Å². The van der Waals surface area contributed by atoms with E-state index in [4.69, 9.17) is 10.5 Å². The summed E-state index contributed by atoms with van der Waals surface area (Å²) in [6.07, 6.45) is -2.14. The SMILES string of the molecule is C=C1c2cccc(O)c2C(O)=C2C(=O)[C@]3(O)C(O)=C(C(N)=O)C(=O)C[C@@H]3[C@@H](OC(=O)CC)[C@H]12. The van der Waals surface area contributed by atoms with Gasteiger partial charge in [0.2, 0.25) is 5.78 Å². The quantitative estimate of drug-likeness (QED) is 0.325.